The van der Waals surface area contributed by atoms with E-state index in [1.165, 1.54) is 6.92 Å². The standard InChI is InChI=1S/C16H22O3/c1-12(17)9-10-19-14-7-5-13(6-8-14)15(18)11-16(2,3)4/h5-8H,9-11H2,1-4H3. The minimum Gasteiger partial charge on any atom is -0.493 e. The molecule has 1 rings (SSSR count). The number of Topliss-reactive ketones (excluding diaryl/α,β-unsaturated/α-hetero) is 2. The van der Waals surface area contributed by atoms with E-state index in [-0.39, 0.29) is 17.0 Å². The van der Waals surface area contributed by atoms with Crippen molar-refractivity contribution in [3.8, 4) is 5.75 Å². The predicted molar refractivity (Wildman–Crippen MR) is 75.6 cm³/mol. The van der Waals surface area contributed by atoms with Crippen LogP contribution >= 0.6 is 0 Å². The van der Waals surface area contributed by atoms with Gasteiger partial charge in [0.25, 0.3) is 0 Å². The summed E-state index contributed by atoms with van der Waals surface area (Å²) in [5.41, 5.74) is 0.696. The summed E-state index contributed by atoms with van der Waals surface area (Å²) in [5, 5.41) is 0. The second-order valence-corrected chi connectivity index (χ2v) is 5.99. The molecule has 0 saturated carbocycles. The van der Waals surface area contributed by atoms with Gasteiger partial charge in [0.2, 0.25) is 0 Å². The first-order valence-electron chi connectivity index (χ1n) is 6.53. The van der Waals surface area contributed by atoms with Crippen molar-refractivity contribution in [3.63, 3.8) is 0 Å². The lowest BCUT2D eigenvalue weighted by Crippen LogP contribution is -2.13. The Morgan fingerprint density at radius 2 is 1.68 bits per heavy atom. The Labute approximate surface area is 115 Å². The average Bonchev–Trinajstić information content (AvgIpc) is 2.27. The lowest BCUT2D eigenvalue weighted by molar-refractivity contribution is -0.117. The van der Waals surface area contributed by atoms with Gasteiger partial charge in [-0.1, -0.05) is 20.8 Å². The number of carbonyl (C=O) groups is 2. The van der Waals surface area contributed by atoms with Crippen molar-refractivity contribution in [2.45, 2.75) is 40.5 Å². The highest BCUT2D eigenvalue weighted by atomic mass is 16.5. The first-order valence-corrected chi connectivity index (χ1v) is 6.53. The quantitative estimate of drug-likeness (QED) is 0.735. The molecule has 3 nitrogen and oxygen atoms in total. The molecule has 0 amide bonds. The fraction of sp³-hybridized carbons (Fsp3) is 0.500. The molecule has 0 unspecified atom stereocenters. The maximum atomic E-state index is 12.0. The highest BCUT2D eigenvalue weighted by Gasteiger charge is 2.17. The van der Waals surface area contributed by atoms with Crippen LogP contribution in [0.1, 0.15) is 50.9 Å². The molecule has 1 aromatic rings. The SMILES string of the molecule is CC(=O)CCOc1ccc(C(=O)CC(C)(C)C)cc1. The number of rotatable bonds is 6. The zero-order valence-corrected chi connectivity index (χ0v) is 12.2. The summed E-state index contributed by atoms with van der Waals surface area (Å²) >= 11 is 0. The number of ether oxygens (including phenoxy) is 1. The predicted octanol–water partition coefficient (Wildman–Crippen LogP) is 3.66. The van der Waals surface area contributed by atoms with Crippen LogP contribution in [0.5, 0.6) is 5.75 Å². The van der Waals surface area contributed by atoms with E-state index in [1.807, 2.05) is 20.8 Å². The van der Waals surface area contributed by atoms with Gasteiger partial charge in [-0.15, -0.1) is 0 Å². The van der Waals surface area contributed by atoms with Crippen molar-refractivity contribution in [1.82, 2.24) is 0 Å². The largest absolute Gasteiger partial charge is 0.493 e. The second-order valence-electron chi connectivity index (χ2n) is 5.99. The third-order valence-electron chi connectivity index (χ3n) is 2.59. The summed E-state index contributed by atoms with van der Waals surface area (Å²) in [4.78, 5) is 22.8. The normalized spacial score (nSPS) is 11.2. The third-order valence-corrected chi connectivity index (χ3v) is 2.59. The summed E-state index contributed by atoms with van der Waals surface area (Å²) in [7, 11) is 0. The molecule has 0 saturated heterocycles. The summed E-state index contributed by atoms with van der Waals surface area (Å²) in [5.74, 6) is 0.938. The van der Waals surface area contributed by atoms with E-state index in [0.29, 0.717) is 30.8 Å². The molecule has 3 heteroatoms. The van der Waals surface area contributed by atoms with Crippen molar-refractivity contribution in [2.24, 2.45) is 5.41 Å². The van der Waals surface area contributed by atoms with Gasteiger partial charge in [-0.2, -0.15) is 0 Å². The molecule has 0 N–H and O–H groups in total. The van der Waals surface area contributed by atoms with Gasteiger partial charge in [0, 0.05) is 18.4 Å². The van der Waals surface area contributed by atoms with Gasteiger partial charge in [0.15, 0.2) is 5.78 Å². The Bertz CT molecular complexity index is 438. The molecule has 0 aliphatic carbocycles. The van der Waals surface area contributed by atoms with E-state index in [1.54, 1.807) is 24.3 Å². The summed E-state index contributed by atoms with van der Waals surface area (Å²) in [6.07, 6.45) is 0.933. The molecule has 0 aliphatic heterocycles. The first-order chi connectivity index (χ1) is 8.78. The molecule has 0 atom stereocenters. The molecule has 0 spiro atoms. The lowest BCUT2D eigenvalue weighted by Gasteiger charge is -2.16. The molecule has 104 valence electrons. The van der Waals surface area contributed by atoms with Crippen molar-refractivity contribution in [3.05, 3.63) is 29.8 Å². The second kappa shape index (κ2) is 6.50. The van der Waals surface area contributed by atoms with Gasteiger partial charge in [0.1, 0.15) is 11.5 Å². The van der Waals surface area contributed by atoms with Crippen LogP contribution in [-0.4, -0.2) is 18.2 Å². The highest BCUT2D eigenvalue weighted by molar-refractivity contribution is 5.96. The van der Waals surface area contributed by atoms with Gasteiger partial charge < -0.3 is 4.74 Å². The summed E-state index contributed by atoms with van der Waals surface area (Å²) in [6.45, 7) is 8.06. The van der Waals surface area contributed by atoms with Crippen LogP contribution in [0.25, 0.3) is 0 Å². The zero-order chi connectivity index (χ0) is 14.5. The van der Waals surface area contributed by atoms with Crippen molar-refractivity contribution in [1.29, 1.82) is 0 Å². The zero-order valence-electron chi connectivity index (χ0n) is 12.2. The van der Waals surface area contributed by atoms with Gasteiger partial charge in [0.05, 0.1) is 6.61 Å². The summed E-state index contributed by atoms with van der Waals surface area (Å²) in [6, 6.07) is 7.10. The van der Waals surface area contributed by atoms with Crippen molar-refractivity contribution in [2.75, 3.05) is 6.61 Å². The fourth-order valence-electron chi connectivity index (χ4n) is 1.63. The number of carbonyl (C=O) groups excluding carboxylic acids is 2. The average molecular weight is 262 g/mol. The molecule has 0 bridgehead atoms. The van der Waals surface area contributed by atoms with E-state index < -0.39 is 0 Å². The monoisotopic (exact) mass is 262 g/mol. The Kier molecular flexibility index (Phi) is 5.28. The van der Waals surface area contributed by atoms with Crippen molar-refractivity contribution < 1.29 is 14.3 Å². The van der Waals surface area contributed by atoms with Crippen LogP contribution in [0.2, 0.25) is 0 Å². The Morgan fingerprint density at radius 1 is 1.11 bits per heavy atom. The molecule has 19 heavy (non-hydrogen) atoms. The van der Waals surface area contributed by atoms with E-state index in [4.69, 9.17) is 4.74 Å². The van der Waals surface area contributed by atoms with Crippen LogP contribution in [0.3, 0.4) is 0 Å². The molecular formula is C16H22O3. The molecule has 0 aliphatic rings. The highest BCUT2D eigenvalue weighted by Crippen LogP contribution is 2.22. The van der Waals surface area contributed by atoms with Crippen LogP contribution < -0.4 is 4.74 Å². The van der Waals surface area contributed by atoms with E-state index in [0.717, 1.165) is 0 Å². The Hall–Kier alpha value is -1.64. The van der Waals surface area contributed by atoms with Gasteiger partial charge in [-0.3, -0.25) is 9.59 Å². The molecule has 0 radical (unpaired) electrons. The minimum atomic E-state index is -0.00621. The third kappa shape index (κ3) is 6.18. The van der Waals surface area contributed by atoms with Crippen LogP contribution in [-0.2, 0) is 4.79 Å². The topological polar surface area (TPSA) is 43.4 Å². The molecule has 0 aromatic heterocycles. The van der Waals surface area contributed by atoms with Gasteiger partial charge in [-0.05, 0) is 36.6 Å². The maximum absolute atomic E-state index is 12.0. The Balaban J connectivity index is 2.56. The van der Waals surface area contributed by atoms with Crippen molar-refractivity contribution >= 4 is 11.6 Å². The van der Waals surface area contributed by atoms with E-state index in [2.05, 4.69) is 0 Å². The molecular weight excluding hydrogens is 240 g/mol. The maximum Gasteiger partial charge on any atom is 0.163 e. The first kappa shape index (κ1) is 15.4. The minimum absolute atomic E-state index is 0.00621. The van der Waals surface area contributed by atoms with E-state index >= 15 is 0 Å². The number of hydrogen-bond donors (Lipinski definition) is 0. The lowest BCUT2D eigenvalue weighted by atomic mass is 9.88. The molecule has 1 aromatic carbocycles. The molecule has 0 heterocycles. The fourth-order valence-corrected chi connectivity index (χ4v) is 1.63. The molecule has 0 fully saturated rings. The van der Waals surface area contributed by atoms with Gasteiger partial charge >= 0.3 is 0 Å². The Morgan fingerprint density at radius 3 is 2.16 bits per heavy atom. The number of ketones is 2. The van der Waals surface area contributed by atoms with Crippen LogP contribution in [0.4, 0.5) is 0 Å². The van der Waals surface area contributed by atoms with Gasteiger partial charge in [-0.25, -0.2) is 0 Å². The number of benzene rings is 1. The smallest absolute Gasteiger partial charge is 0.163 e. The van der Waals surface area contributed by atoms with E-state index in [9.17, 15) is 9.59 Å². The summed E-state index contributed by atoms with van der Waals surface area (Å²) < 4.78 is 5.42. The van der Waals surface area contributed by atoms with Crippen LogP contribution in [0, 0.1) is 5.41 Å². The number of hydrogen-bond acceptors (Lipinski definition) is 3. The van der Waals surface area contributed by atoms with Crippen LogP contribution in [0.15, 0.2) is 24.3 Å².